The Balaban J connectivity index is 2.21. The fourth-order valence-corrected chi connectivity index (χ4v) is 1.73. The lowest BCUT2D eigenvalue weighted by Gasteiger charge is -2.10. The Morgan fingerprint density at radius 2 is 1.70 bits per heavy atom. The predicted octanol–water partition coefficient (Wildman–Crippen LogP) is 3.33. The summed E-state index contributed by atoms with van der Waals surface area (Å²) >= 11 is 0. The summed E-state index contributed by atoms with van der Waals surface area (Å²) in [5.74, 6) is -2.58. The van der Waals surface area contributed by atoms with Gasteiger partial charge in [-0.25, -0.2) is 13.6 Å². The molecule has 0 aromatic heterocycles. The van der Waals surface area contributed by atoms with Crippen LogP contribution in [0.3, 0.4) is 0 Å². The third-order valence-corrected chi connectivity index (χ3v) is 2.71. The normalized spacial score (nSPS) is 10.2. The second-order valence-corrected chi connectivity index (χ2v) is 3.99. The number of hydrogen-bond donors (Lipinski definition) is 0. The van der Waals surface area contributed by atoms with Crippen LogP contribution in [-0.4, -0.2) is 13.1 Å². The molecule has 0 saturated heterocycles. The number of benzene rings is 2. The monoisotopic (exact) mass is 278 g/mol. The first-order chi connectivity index (χ1) is 9.63. The van der Waals surface area contributed by atoms with Gasteiger partial charge in [0.15, 0.2) is 17.4 Å². The van der Waals surface area contributed by atoms with Crippen LogP contribution in [0.25, 0.3) is 0 Å². The van der Waals surface area contributed by atoms with Gasteiger partial charge >= 0.3 is 5.97 Å². The molecule has 0 spiro atoms. The van der Waals surface area contributed by atoms with E-state index in [-0.39, 0.29) is 6.61 Å². The zero-order valence-electron chi connectivity index (χ0n) is 10.7. The molecule has 5 heteroatoms. The van der Waals surface area contributed by atoms with Crippen LogP contribution in [0.4, 0.5) is 8.78 Å². The number of carbonyl (C=O) groups excluding carboxylic acids is 1. The van der Waals surface area contributed by atoms with Crippen molar-refractivity contribution in [2.24, 2.45) is 0 Å². The summed E-state index contributed by atoms with van der Waals surface area (Å²) in [6.07, 6.45) is 0. The van der Waals surface area contributed by atoms with Crippen LogP contribution in [0.5, 0.6) is 5.75 Å². The smallest absolute Gasteiger partial charge is 0.338 e. The van der Waals surface area contributed by atoms with Crippen LogP contribution in [0.2, 0.25) is 0 Å². The lowest BCUT2D eigenvalue weighted by molar-refractivity contribution is 0.0597. The summed E-state index contributed by atoms with van der Waals surface area (Å²) in [5, 5.41) is 0. The number of methoxy groups -OCH3 is 1. The first-order valence-electron chi connectivity index (χ1n) is 5.86. The highest BCUT2D eigenvalue weighted by molar-refractivity contribution is 5.90. The number of rotatable bonds is 4. The summed E-state index contributed by atoms with van der Waals surface area (Å²) in [6.45, 7) is -0.136. The summed E-state index contributed by atoms with van der Waals surface area (Å²) < 4.78 is 36.6. The van der Waals surface area contributed by atoms with Crippen molar-refractivity contribution in [1.29, 1.82) is 0 Å². The summed E-state index contributed by atoms with van der Waals surface area (Å²) in [6, 6.07) is 10.0. The van der Waals surface area contributed by atoms with Gasteiger partial charge in [-0.05, 0) is 18.2 Å². The van der Waals surface area contributed by atoms with Crippen LogP contribution in [-0.2, 0) is 11.3 Å². The second kappa shape index (κ2) is 6.14. The topological polar surface area (TPSA) is 35.5 Å². The van der Waals surface area contributed by atoms with Crippen molar-refractivity contribution < 1.29 is 23.0 Å². The van der Waals surface area contributed by atoms with Gasteiger partial charge < -0.3 is 9.47 Å². The van der Waals surface area contributed by atoms with Crippen molar-refractivity contribution >= 4 is 5.97 Å². The van der Waals surface area contributed by atoms with Crippen LogP contribution in [0.1, 0.15) is 15.9 Å². The second-order valence-electron chi connectivity index (χ2n) is 3.99. The lowest BCUT2D eigenvalue weighted by atomic mass is 10.1. The molecule has 0 aliphatic heterocycles. The van der Waals surface area contributed by atoms with E-state index in [0.717, 1.165) is 12.1 Å². The van der Waals surface area contributed by atoms with E-state index in [0.29, 0.717) is 11.1 Å². The van der Waals surface area contributed by atoms with E-state index in [1.807, 2.05) is 0 Å². The maximum atomic E-state index is 13.4. The Kier molecular flexibility index (Phi) is 4.30. The molecule has 2 aromatic carbocycles. The number of ether oxygens (including phenoxy) is 2. The Morgan fingerprint density at radius 3 is 2.35 bits per heavy atom. The van der Waals surface area contributed by atoms with Crippen molar-refractivity contribution in [3.05, 3.63) is 65.2 Å². The molecule has 0 atom stereocenters. The molecule has 0 bridgehead atoms. The SMILES string of the molecule is COC(=O)c1ccccc1COc1c(F)cccc1F. The third-order valence-electron chi connectivity index (χ3n) is 2.71. The maximum absolute atomic E-state index is 13.4. The van der Waals surface area contributed by atoms with E-state index in [4.69, 9.17) is 4.74 Å². The van der Waals surface area contributed by atoms with E-state index >= 15 is 0 Å². The summed E-state index contributed by atoms with van der Waals surface area (Å²) in [5.41, 5.74) is 0.786. The maximum Gasteiger partial charge on any atom is 0.338 e. The minimum atomic E-state index is -0.791. The van der Waals surface area contributed by atoms with E-state index in [2.05, 4.69) is 4.74 Å². The predicted molar refractivity (Wildman–Crippen MR) is 68.5 cm³/mol. The first-order valence-corrected chi connectivity index (χ1v) is 5.86. The van der Waals surface area contributed by atoms with Crippen molar-refractivity contribution in [2.75, 3.05) is 7.11 Å². The van der Waals surface area contributed by atoms with E-state index < -0.39 is 23.4 Å². The molecular weight excluding hydrogens is 266 g/mol. The van der Waals surface area contributed by atoms with E-state index in [9.17, 15) is 13.6 Å². The molecule has 0 aliphatic rings. The molecule has 0 radical (unpaired) electrons. The fourth-order valence-electron chi connectivity index (χ4n) is 1.73. The highest BCUT2D eigenvalue weighted by atomic mass is 19.1. The first kappa shape index (κ1) is 14.0. The number of esters is 1. The third kappa shape index (κ3) is 2.93. The van der Waals surface area contributed by atoms with Gasteiger partial charge in [-0.1, -0.05) is 24.3 Å². The van der Waals surface area contributed by atoms with E-state index in [1.165, 1.54) is 13.2 Å². The molecule has 104 valence electrons. The van der Waals surface area contributed by atoms with Crippen molar-refractivity contribution in [1.82, 2.24) is 0 Å². The highest BCUT2D eigenvalue weighted by Gasteiger charge is 2.14. The molecule has 20 heavy (non-hydrogen) atoms. The van der Waals surface area contributed by atoms with Crippen LogP contribution in [0, 0.1) is 11.6 Å². The molecule has 0 amide bonds. The molecule has 2 rings (SSSR count). The van der Waals surface area contributed by atoms with Crippen LogP contribution in [0.15, 0.2) is 42.5 Å². The quantitative estimate of drug-likeness (QED) is 0.805. The van der Waals surface area contributed by atoms with Crippen LogP contribution < -0.4 is 4.74 Å². The summed E-state index contributed by atoms with van der Waals surface area (Å²) in [4.78, 5) is 11.6. The Bertz CT molecular complexity index is 606. The Labute approximate surface area is 114 Å². The van der Waals surface area contributed by atoms with E-state index in [1.54, 1.807) is 24.3 Å². The standard InChI is InChI=1S/C15H12F2O3/c1-19-15(18)11-6-3-2-5-10(11)9-20-14-12(16)7-4-8-13(14)17/h2-8H,9H2,1H3. The molecular formula is C15H12F2O3. The minimum absolute atomic E-state index is 0.136. The molecule has 0 N–H and O–H groups in total. The minimum Gasteiger partial charge on any atom is -0.483 e. The average Bonchev–Trinajstić information content (AvgIpc) is 2.46. The molecule has 0 heterocycles. The van der Waals surface area contributed by atoms with Crippen LogP contribution >= 0.6 is 0 Å². The van der Waals surface area contributed by atoms with Gasteiger partial charge in [0.05, 0.1) is 12.7 Å². The lowest BCUT2D eigenvalue weighted by Crippen LogP contribution is -2.08. The summed E-state index contributed by atoms with van der Waals surface area (Å²) in [7, 11) is 1.26. The molecule has 3 nitrogen and oxygen atoms in total. The Hall–Kier alpha value is -2.43. The van der Waals surface area contributed by atoms with Crippen molar-refractivity contribution in [3.8, 4) is 5.75 Å². The van der Waals surface area contributed by atoms with Gasteiger partial charge in [0.2, 0.25) is 0 Å². The number of para-hydroxylation sites is 1. The number of halogens is 2. The fraction of sp³-hybridized carbons (Fsp3) is 0.133. The van der Waals surface area contributed by atoms with Crippen molar-refractivity contribution in [3.63, 3.8) is 0 Å². The molecule has 0 fully saturated rings. The van der Waals surface area contributed by atoms with Gasteiger partial charge in [-0.2, -0.15) is 0 Å². The molecule has 0 saturated carbocycles. The highest BCUT2D eigenvalue weighted by Crippen LogP contribution is 2.22. The largest absolute Gasteiger partial charge is 0.483 e. The van der Waals surface area contributed by atoms with Gasteiger partial charge in [-0.15, -0.1) is 0 Å². The molecule has 2 aromatic rings. The number of carbonyl (C=O) groups is 1. The molecule has 0 unspecified atom stereocenters. The van der Waals surface area contributed by atoms with Gasteiger partial charge in [0.25, 0.3) is 0 Å². The zero-order valence-corrected chi connectivity index (χ0v) is 10.7. The van der Waals surface area contributed by atoms with Crippen molar-refractivity contribution in [2.45, 2.75) is 6.61 Å². The number of hydrogen-bond acceptors (Lipinski definition) is 3. The van der Waals surface area contributed by atoms with Gasteiger partial charge in [0.1, 0.15) is 6.61 Å². The van der Waals surface area contributed by atoms with Gasteiger partial charge in [-0.3, -0.25) is 0 Å². The Morgan fingerprint density at radius 1 is 1.05 bits per heavy atom. The average molecular weight is 278 g/mol. The molecule has 0 aliphatic carbocycles. The van der Waals surface area contributed by atoms with Gasteiger partial charge in [0, 0.05) is 5.56 Å². The zero-order chi connectivity index (χ0) is 14.5.